The zero-order valence-electron chi connectivity index (χ0n) is 17.6. The molecule has 0 bridgehead atoms. The summed E-state index contributed by atoms with van der Waals surface area (Å²) in [7, 11) is 0. The molecule has 0 spiro atoms. The molecule has 0 saturated carbocycles. The fraction of sp³-hybridized carbons (Fsp3) is 0.409. The molecule has 0 N–H and O–H groups in total. The maximum absolute atomic E-state index is 12.7. The first-order valence-corrected chi connectivity index (χ1v) is 11.7. The number of hydrogen-bond acceptors (Lipinski definition) is 6. The minimum absolute atomic E-state index is 0.602. The normalized spacial score (nSPS) is 16.7. The van der Waals surface area contributed by atoms with Gasteiger partial charge in [0.05, 0.1) is 12.3 Å². The van der Waals surface area contributed by atoms with Crippen molar-refractivity contribution in [2.24, 2.45) is 0 Å². The van der Waals surface area contributed by atoms with Crippen molar-refractivity contribution in [3.63, 3.8) is 0 Å². The van der Waals surface area contributed by atoms with Crippen LogP contribution in [0.4, 0.5) is 5.69 Å². The lowest BCUT2D eigenvalue weighted by Gasteiger charge is -2.18. The van der Waals surface area contributed by atoms with Crippen LogP contribution >= 0.6 is 0 Å². The Morgan fingerprint density at radius 1 is 1.06 bits per heavy atom. The average molecular weight is 442 g/mol. The van der Waals surface area contributed by atoms with Crippen LogP contribution in [-0.2, 0) is 17.6 Å². The first kappa shape index (κ1) is 21.5. The van der Waals surface area contributed by atoms with Crippen LogP contribution in [0, 0.1) is 0 Å². The number of anilines is 1. The van der Waals surface area contributed by atoms with E-state index < -0.39 is 11.2 Å². The quantitative estimate of drug-likeness (QED) is 0.447. The van der Waals surface area contributed by atoms with Crippen molar-refractivity contribution in [3.8, 4) is 17.1 Å². The van der Waals surface area contributed by atoms with E-state index in [-0.39, 0.29) is 0 Å². The van der Waals surface area contributed by atoms with E-state index in [1.54, 1.807) is 12.4 Å². The van der Waals surface area contributed by atoms with Crippen LogP contribution in [0.2, 0.25) is 0 Å². The molecule has 0 radical (unpaired) electrons. The lowest BCUT2D eigenvalue weighted by atomic mass is 10.2. The fourth-order valence-electron chi connectivity index (χ4n) is 3.39. The van der Waals surface area contributed by atoms with Gasteiger partial charge in [0.25, 0.3) is 0 Å². The van der Waals surface area contributed by atoms with Gasteiger partial charge in [0.2, 0.25) is 11.7 Å². The Kier molecular flexibility index (Phi) is 7.26. The highest BCUT2D eigenvalue weighted by Crippen LogP contribution is 2.22. The number of aryl methyl sites for hydroxylation is 1. The molecular formula is C22H27N5O3S. The van der Waals surface area contributed by atoms with Crippen molar-refractivity contribution in [1.82, 2.24) is 19.4 Å². The van der Waals surface area contributed by atoms with Gasteiger partial charge in [-0.2, -0.15) is 4.98 Å². The number of benzene rings is 1. The summed E-state index contributed by atoms with van der Waals surface area (Å²) in [5.41, 5.74) is 1.87. The largest absolute Gasteiger partial charge is 0.494 e. The first-order valence-electron chi connectivity index (χ1n) is 10.6. The summed E-state index contributed by atoms with van der Waals surface area (Å²) in [4.78, 5) is 8.36. The maximum atomic E-state index is 12.7. The first-order chi connectivity index (χ1) is 15.2. The Hall–Kier alpha value is -2.78. The van der Waals surface area contributed by atoms with Gasteiger partial charge in [0.15, 0.2) is 11.2 Å². The molecule has 1 fully saturated rings. The summed E-state index contributed by atoms with van der Waals surface area (Å²) in [6.07, 6.45) is 7.18. The lowest BCUT2D eigenvalue weighted by molar-refractivity contribution is 0.302. The Balaban J connectivity index is 1.14. The highest BCUT2D eigenvalue weighted by molar-refractivity contribution is 7.84. The second kappa shape index (κ2) is 10.5. The van der Waals surface area contributed by atoms with E-state index in [1.165, 1.54) is 0 Å². The summed E-state index contributed by atoms with van der Waals surface area (Å²) in [6, 6.07) is 11.5. The van der Waals surface area contributed by atoms with Crippen molar-refractivity contribution in [1.29, 1.82) is 0 Å². The lowest BCUT2D eigenvalue weighted by Crippen LogP contribution is -2.27. The standard InChI is InChI=1S/C22H27N5O3S/c1-2-21-24-22(25-30-21)18-6-8-20(9-7-18)29-17-5-3-4-14-26-15-16-27(31(26)28)19-10-12-23-13-11-19/h6-13H,2-5,14-17H2,1H3. The van der Waals surface area contributed by atoms with Gasteiger partial charge in [-0.05, 0) is 55.7 Å². The molecule has 1 aromatic carbocycles. The Morgan fingerprint density at radius 3 is 2.61 bits per heavy atom. The number of hydrogen-bond donors (Lipinski definition) is 0. The van der Waals surface area contributed by atoms with Gasteiger partial charge >= 0.3 is 0 Å². The number of nitrogens with zero attached hydrogens (tertiary/aromatic N) is 5. The van der Waals surface area contributed by atoms with E-state index in [0.29, 0.717) is 18.3 Å². The van der Waals surface area contributed by atoms with E-state index >= 15 is 0 Å². The van der Waals surface area contributed by atoms with E-state index in [9.17, 15) is 4.21 Å². The van der Waals surface area contributed by atoms with E-state index in [4.69, 9.17) is 9.26 Å². The molecule has 1 atom stereocenters. The van der Waals surface area contributed by atoms with Crippen molar-refractivity contribution in [2.75, 3.05) is 30.5 Å². The Morgan fingerprint density at radius 2 is 1.87 bits per heavy atom. The second-order valence-electron chi connectivity index (χ2n) is 7.27. The minimum Gasteiger partial charge on any atom is -0.494 e. The summed E-state index contributed by atoms with van der Waals surface area (Å²) >= 11 is -1.11. The molecule has 164 valence electrons. The third-order valence-electron chi connectivity index (χ3n) is 5.12. The van der Waals surface area contributed by atoms with Gasteiger partial charge in [-0.3, -0.25) is 9.29 Å². The van der Waals surface area contributed by atoms with Crippen LogP contribution in [0.1, 0.15) is 32.1 Å². The molecule has 3 aromatic rings. The van der Waals surface area contributed by atoms with Crippen molar-refractivity contribution in [3.05, 3.63) is 54.7 Å². The van der Waals surface area contributed by atoms with Gasteiger partial charge in [-0.1, -0.05) is 12.1 Å². The summed E-state index contributed by atoms with van der Waals surface area (Å²) in [5, 5.41) is 3.98. The Bertz CT molecular complexity index is 980. The summed E-state index contributed by atoms with van der Waals surface area (Å²) in [5.74, 6) is 2.07. The SMILES string of the molecule is CCc1nc(-c2ccc(OCCCCCN3CCN(c4ccncc4)S3=O)cc2)no1. The number of pyridine rings is 1. The highest BCUT2D eigenvalue weighted by atomic mass is 32.2. The molecule has 31 heavy (non-hydrogen) atoms. The monoisotopic (exact) mass is 441 g/mol. The number of rotatable bonds is 10. The second-order valence-corrected chi connectivity index (χ2v) is 8.68. The topological polar surface area (TPSA) is 84.6 Å². The van der Waals surface area contributed by atoms with Crippen molar-refractivity contribution in [2.45, 2.75) is 32.6 Å². The van der Waals surface area contributed by atoms with Crippen LogP contribution in [0.15, 0.2) is 53.3 Å². The molecule has 3 heterocycles. The molecule has 4 rings (SSSR count). The van der Waals surface area contributed by atoms with Crippen LogP contribution in [-0.4, -0.2) is 49.9 Å². The number of aromatic nitrogens is 3. The third-order valence-corrected chi connectivity index (χ3v) is 6.69. The van der Waals surface area contributed by atoms with Gasteiger partial charge in [-0.25, -0.2) is 8.51 Å². The minimum atomic E-state index is -1.11. The molecule has 0 aliphatic carbocycles. The average Bonchev–Trinajstić information content (AvgIpc) is 3.44. The van der Waals surface area contributed by atoms with Crippen molar-refractivity contribution < 1.29 is 13.5 Å². The highest BCUT2D eigenvalue weighted by Gasteiger charge is 2.28. The predicted octanol–water partition coefficient (Wildman–Crippen LogP) is 3.64. The molecule has 1 unspecified atom stereocenters. The van der Waals surface area contributed by atoms with E-state index in [1.807, 2.05) is 51.9 Å². The molecule has 9 heteroatoms. The molecule has 1 aliphatic rings. The van der Waals surface area contributed by atoms with Crippen LogP contribution in [0.25, 0.3) is 11.4 Å². The number of unbranched alkanes of at least 4 members (excludes halogenated alkanes) is 2. The van der Waals surface area contributed by atoms with Crippen molar-refractivity contribution >= 4 is 16.9 Å². The zero-order chi connectivity index (χ0) is 21.5. The molecule has 1 saturated heterocycles. The smallest absolute Gasteiger partial charge is 0.226 e. The van der Waals surface area contributed by atoms with E-state index in [2.05, 4.69) is 15.1 Å². The molecule has 1 aliphatic heterocycles. The third kappa shape index (κ3) is 5.48. The van der Waals surface area contributed by atoms with Gasteiger partial charge in [0.1, 0.15) is 5.75 Å². The molecule has 0 amide bonds. The zero-order valence-corrected chi connectivity index (χ0v) is 18.5. The van der Waals surface area contributed by atoms with Gasteiger partial charge in [0, 0.05) is 44.0 Å². The predicted molar refractivity (Wildman–Crippen MR) is 120 cm³/mol. The van der Waals surface area contributed by atoms with Crippen LogP contribution in [0.5, 0.6) is 5.75 Å². The fourth-order valence-corrected chi connectivity index (χ4v) is 4.73. The van der Waals surface area contributed by atoms with Gasteiger partial charge in [-0.15, -0.1) is 0 Å². The van der Waals surface area contributed by atoms with E-state index in [0.717, 1.165) is 62.3 Å². The number of ether oxygens (including phenoxy) is 1. The van der Waals surface area contributed by atoms with Crippen LogP contribution < -0.4 is 9.04 Å². The maximum Gasteiger partial charge on any atom is 0.226 e. The summed E-state index contributed by atoms with van der Waals surface area (Å²) in [6.45, 7) is 5.06. The van der Waals surface area contributed by atoms with Gasteiger partial charge < -0.3 is 9.26 Å². The van der Waals surface area contributed by atoms with Crippen LogP contribution in [0.3, 0.4) is 0 Å². The molecule has 8 nitrogen and oxygen atoms in total. The summed E-state index contributed by atoms with van der Waals surface area (Å²) < 4.78 is 27.6. The molecule has 2 aromatic heterocycles. The molecular weight excluding hydrogens is 414 g/mol. The Labute approximate surface area is 185 Å².